The van der Waals surface area contributed by atoms with Gasteiger partial charge in [0, 0.05) is 32.5 Å². The molecule has 0 atom stereocenters. The molecule has 2 N–H and O–H groups in total. The number of nitrogens with one attached hydrogen (secondary N) is 1. The molecule has 0 aliphatic carbocycles. The van der Waals surface area contributed by atoms with E-state index in [2.05, 4.69) is 10.3 Å². The number of urea groups is 1. The highest BCUT2D eigenvalue weighted by molar-refractivity contribution is 5.75. The fraction of sp³-hybridized carbons (Fsp3) is 0.417. The minimum atomic E-state index is -0.917. The maximum absolute atomic E-state index is 11.6. The third-order valence-corrected chi connectivity index (χ3v) is 2.57. The van der Waals surface area contributed by atoms with E-state index in [1.807, 2.05) is 13.0 Å². The number of aryl methyl sites for hydroxylation is 1. The molecule has 0 aromatic carbocycles. The zero-order valence-electron chi connectivity index (χ0n) is 10.5. The molecule has 1 heterocycles. The third-order valence-electron chi connectivity index (χ3n) is 2.57. The van der Waals surface area contributed by atoms with Gasteiger partial charge in [-0.2, -0.15) is 0 Å². The van der Waals surface area contributed by atoms with Gasteiger partial charge in [0.1, 0.15) is 0 Å². The summed E-state index contributed by atoms with van der Waals surface area (Å²) in [7, 11) is 1.57. The van der Waals surface area contributed by atoms with E-state index >= 15 is 0 Å². The molecule has 0 fully saturated rings. The predicted molar refractivity (Wildman–Crippen MR) is 66.1 cm³/mol. The van der Waals surface area contributed by atoms with Gasteiger partial charge in [0.05, 0.1) is 6.42 Å². The van der Waals surface area contributed by atoms with E-state index in [4.69, 9.17) is 5.11 Å². The summed E-state index contributed by atoms with van der Waals surface area (Å²) in [6, 6.07) is 1.56. The predicted octanol–water partition coefficient (Wildman–Crippen LogP) is 1.01. The minimum absolute atomic E-state index is 0.0573. The highest BCUT2D eigenvalue weighted by Crippen LogP contribution is 2.04. The van der Waals surface area contributed by atoms with Gasteiger partial charge in [0.25, 0.3) is 0 Å². The van der Waals surface area contributed by atoms with E-state index in [0.29, 0.717) is 6.54 Å². The normalized spacial score (nSPS) is 9.89. The number of hydrogen-bond donors (Lipinski definition) is 2. The molecule has 1 rings (SSSR count). The molecule has 1 aromatic heterocycles. The molecule has 0 saturated carbocycles. The number of carbonyl (C=O) groups excluding carboxylic acids is 1. The zero-order valence-corrected chi connectivity index (χ0v) is 10.5. The fourth-order valence-corrected chi connectivity index (χ4v) is 1.37. The van der Waals surface area contributed by atoms with Gasteiger partial charge in [0.15, 0.2) is 0 Å². The van der Waals surface area contributed by atoms with Gasteiger partial charge < -0.3 is 15.3 Å². The van der Waals surface area contributed by atoms with Crippen LogP contribution in [-0.2, 0) is 11.3 Å². The Hall–Kier alpha value is -2.11. The second-order valence-electron chi connectivity index (χ2n) is 4.03. The van der Waals surface area contributed by atoms with Crippen LogP contribution in [0.2, 0.25) is 0 Å². The van der Waals surface area contributed by atoms with E-state index in [1.165, 1.54) is 4.90 Å². The Balaban J connectivity index is 2.41. The number of rotatable bonds is 5. The number of aromatic nitrogens is 1. The first-order chi connectivity index (χ1) is 8.50. The average Bonchev–Trinajstić information content (AvgIpc) is 2.34. The number of hydrogen-bond acceptors (Lipinski definition) is 3. The summed E-state index contributed by atoms with van der Waals surface area (Å²) in [6.07, 6.45) is 3.34. The Morgan fingerprint density at radius 1 is 1.50 bits per heavy atom. The van der Waals surface area contributed by atoms with Gasteiger partial charge in [-0.1, -0.05) is 0 Å². The summed E-state index contributed by atoms with van der Waals surface area (Å²) in [5.41, 5.74) is 2.00. The summed E-state index contributed by atoms with van der Waals surface area (Å²) >= 11 is 0. The van der Waals surface area contributed by atoms with Crippen molar-refractivity contribution in [2.45, 2.75) is 19.9 Å². The van der Waals surface area contributed by atoms with Crippen LogP contribution in [0.3, 0.4) is 0 Å². The Morgan fingerprint density at radius 3 is 2.83 bits per heavy atom. The molecule has 0 radical (unpaired) electrons. The highest BCUT2D eigenvalue weighted by atomic mass is 16.4. The fourth-order valence-electron chi connectivity index (χ4n) is 1.37. The summed E-state index contributed by atoms with van der Waals surface area (Å²) in [5.74, 6) is -0.917. The van der Waals surface area contributed by atoms with Crippen molar-refractivity contribution in [2.75, 3.05) is 13.6 Å². The number of nitrogens with zero attached hydrogens (tertiary/aromatic N) is 2. The summed E-state index contributed by atoms with van der Waals surface area (Å²) in [4.78, 5) is 27.4. The molecular weight excluding hydrogens is 234 g/mol. The number of aliphatic carboxylic acids is 1. The first kappa shape index (κ1) is 14.0. The number of carboxylic acid groups (broad SMARTS) is 1. The highest BCUT2D eigenvalue weighted by Gasteiger charge is 2.09. The average molecular weight is 251 g/mol. The van der Waals surface area contributed by atoms with Crippen molar-refractivity contribution < 1.29 is 14.7 Å². The van der Waals surface area contributed by atoms with E-state index in [0.717, 1.165) is 11.1 Å². The van der Waals surface area contributed by atoms with Crippen LogP contribution < -0.4 is 5.32 Å². The monoisotopic (exact) mass is 251 g/mol. The first-order valence-corrected chi connectivity index (χ1v) is 5.61. The van der Waals surface area contributed by atoms with Crippen molar-refractivity contribution in [1.82, 2.24) is 15.2 Å². The van der Waals surface area contributed by atoms with Crippen LogP contribution in [0.25, 0.3) is 0 Å². The van der Waals surface area contributed by atoms with Gasteiger partial charge in [-0.25, -0.2) is 4.79 Å². The molecule has 6 nitrogen and oxygen atoms in total. The lowest BCUT2D eigenvalue weighted by Gasteiger charge is -2.17. The molecule has 18 heavy (non-hydrogen) atoms. The van der Waals surface area contributed by atoms with Crippen LogP contribution in [0, 0.1) is 6.92 Å². The van der Waals surface area contributed by atoms with Crippen LogP contribution >= 0.6 is 0 Å². The molecule has 0 aliphatic rings. The Bertz CT molecular complexity index is 434. The maximum atomic E-state index is 11.6. The van der Waals surface area contributed by atoms with Crippen LogP contribution in [-0.4, -0.2) is 40.6 Å². The lowest BCUT2D eigenvalue weighted by molar-refractivity contribution is -0.137. The van der Waals surface area contributed by atoms with Crippen molar-refractivity contribution in [1.29, 1.82) is 0 Å². The van der Waals surface area contributed by atoms with E-state index in [-0.39, 0.29) is 19.0 Å². The summed E-state index contributed by atoms with van der Waals surface area (Å²) < 4.78 is 0. The first-order valence-electron chi connectivity index (χ1n) is 5.61. The molecule has 2 amide bonds. The van der Waals surface area contributed by atoms with Gasteiger partial charge in [-0.05, 0) is 24.1 Å². The number of amides is 2. The van der Waals surface area contributed by atoms with E-state index in [9.17, 15) is 9.59 Å². The molecule has 6 heteroatoms. The Morgan fingerprint density at radius 2 is 2.22 bits per heavy atom. The number of carbonyl (C=O) groups is 2. The molecule has 0 unspecified atom stereocenters. The van der Waals surface area contributed by atoms with Gasteiger partial charge in [0.2, 0.25) is 0 Å². The Labute approximate surface area is 106 Å². The summed E-state index contributed by atoms with van der Waals surface area (Å²) in [5, 5.41) is 11.3. The van der Waals surface area contributed by atoms with Crippen LogP contribution in [0.5, 0.6) is 0 Å². The van der Waals surface area contributed by atoms with Gasteiger partial charge in [-0.15, -0.1) is 0 Å². The Kier molecular flexibility index (Phi) is 5.10. The molecule has 0 spiro atoms. The standard InChI is InChI=1S/C12H17N3O3/c1-9-7-13-5-3-10(9)8-14-12(18)15(2)6-4-11(16)17/h3,5,7H,4,6,8H2,1-2H3,(H,14,18)(H,16,17). The lowest BCUT2D eigenvalue weighted by Crippen LogP contribution is -2.38. The third kappa shape index (κ3) is 4.40. The van der Waals surface area contributed by atoms with Gasteiger partial charge >= 0.3 is 12.0 Å². The van der Waals surface area contributed by atoms with E-state index < -0.39 is 5.97 Å². The van der Waals surface area contributed by atoms with Crippen molar-refractivity contribution in [3.8, 4) is 0 Å². The van der Waals surface area contributed by atoms with Crippen molar-refractivity contribution in [3.63, 3.8) is 0 Å². The molecule has 0 aliphatic heterocycles. The van der Waals surface area contributed by atoms with Crippen molar-refractivity contribution in [2.24, 2.45) is 0 Å². The molecular formula is C12H17N3O3. The maximum Gasteiger partial charge on any atom is 0.317 e. The summed E-state index contributed by atoms with van der Waals surface area (Å²) in [6.45, 7) is 2.52. The topological polar surface area (TPSA) is 82.5 Å². The second-order valence-corrected chi connectivity index (χ2v) is 4.03. The van der Waals surface area contributed by atoms with Gasteiger partial charge in [-0.3, -0.25) is 9.78 Å². The molecule has 98 valence electrons. The smallest absolute Gasteiger partial charge is 0.317 e. The molecule has 0 bridgehead atoms. The quantitative estimate of drug-likeness (QED) is 0.818. The van der Waals surface area contributed by atoms with Crippen LogP contribution in [0.15, 0.2) is 18.5 Å². The molecule has 0 saturated heterocycles. The number of carboxylic acids is 1. The van der Waals surface area contributed by atoms with Crippen molar-refractivity contribution in [3.05, 3.63) is 29.6 Å². The largest absolute Gasteiger partial charge is 0.481 e. The molecule has 1 aromatic rings. The lowest BCUT2D eigenvalue weighted by atomic mass is 10.1. The minimum Gasteiger partial charge on any atom is -0.481 e. The van der Waals surface area contributed by atoms with Crippen molar-refractivity contribution >= 4 is 12.0 Å². The number of pyridine rings is 1. The van der Waals surface area contributed by atoms with Crippen LogP contribution in [0.4, 0.5) is 4.79 Å². The SMILES string of the molecule is Cc1cnccc1CNC(=O)N(C)CCC(=O)O. The zero-order chi connectivity index (χ0) is 13.5. The van der Waals surface area contributed by atoms with Crippen LogP contribution in [0.1, 0.15) is 17.5 Å². The van der Waals surface area contributed by atoms with E-state index in [1.54, 1.807) is 19.4 Å². The second kappa shape index (κ2) is 6.58.